The van der Waals surface area contributed by atoms with Gasteiger partial charge in [0.1, 0.15) is 6.34 Å². The molecule has 0 spiro atoms. The maximum Gasteiger partial charge on any atom is 0.118 e. The zero-order valence-electron chi connectivity index (χ0n) is 9.94. The summed E-state index contributed by atoms with van der Waals surface area (Å²) in [5, 5.41) is 7.75. The number of hydrogen-bond donors (Lipinski definition) is 1. The van der Waals surface area contributed by atoms with Crippen LogP contribution in [0.5, 0.6) is 0 Å². The second kappa shape index (κ2) is 4.47. The number of rotatable bonds is 2. The van der Waals surface area contributed by atoms with E-state index in [2.05, 4.69) is 42.8 Å². The smallest absolute Gasteiger partial charge is 0.118 e. The van der Waals surface area contributed by atoms with E-state index < -0.39 is 0 Å². The van der Waals surface area contributed by atoms with E-state index in [1.165, 1.54) is 0 Å². The third-order valence-electron chi connectivity index (χ3n) is 2.62. The van der Waals surface area contributed by atoms with Crippen LogP contribution in [0.4, 0.5) is 0 Å². The molecule has 2 N–H and O–H groups in total. The lowest BCUT2D eigenvalue weighted by Crippen LogP contribution is -2.43. The first kappa shape index (κ1) is 11.8. The van der Waals surface area contributed by atoms with Crippen molar-refractivity contribution in [3.8, 4) is 0 Å². The highest BCUT2D eigenvalue weighted by atomic mass is 15.3. The first-order chi connectivity index (χ1) is 7.00. The topological polar surface area (TPSA) is 54.0 Å². The van der Waals surface area contributed by atoms with Crippen LogP contribution in [-0.2, 0) is 0 Å². The van der Waals surface area contributed by atoms with Crippen molar-refractivity contribution in [2.45, 2.75) is 40.2 Å². The Morgan fingerprint density at radius 1 is 1.47 bits per heavy atom. The fourth-order valence-electron chi connectivity index (χ4n) is 1.93. The molecule has 4 nitrogen and oxygen atoms in total. The van der Waals surface area contributed by atoms with Crippen molar-refractivity contribution in [1.82, 2.24) is 4.90 Å². The van der Waals surface area contributed by atoms with Crippen LogP contribution >= 0.6 is 0 Å². The molecule has 0 bridgehead atoms. The van der Waals surface area contributed by atoms with Crippen molar-refractivity contribution in [2.24, 2.45) is 21.4 Å². The van der Waals surface area contributed by atoms with Gasteiger partial charge in [-0.25, -0.2) is 0 Å². The van der Waals surface area contributed by atoms with Crippen molar-refractivity contribution in [1.29, 1.82) is 0 Å². The fraction of sp³-hybridized carbons (Fsp3) is 0.636. The molecule has 0 aromatic rings. The zero-order chi connectivity index (χ0) is 11.5. The van der Waals surface area contributed by atoms with Gasteiger partial charge in [0.05, 0.1) is 11.9 Å². The molecule has 4 heteroatoms. The van der Waals surface area contributed by atoms with Gasteiger partial charge in [0.2, 0.25) is 0 Å². The monoisotopic (exact) mass is 208 g/mol. The molecule has 0 aromatic heterocycles. The van der Waals surface area contributed by atoms with Gasteiger partial charge in [0, 0.05) is 12.2 Å². The van der Waals surface area contributed by atoms with E-state index in [1.807, 2.05) is 0 Å². The van der Waals surface area contributed by atoms with Crippen LogP contribution in [-0.4, -0.2) is 23.5 Å². The number of nitrogens with zero attached hydrogens (tertiary/aromatic N) is 3. The number of nitrogens with two attached hydrogens (primary N) is 1. The van der Waals surface area contributed by atoms with Crippen LogP contribution in [0.15, 0.2) is 22.1 Å². The first-order valence-corrected chi connectivity index (χ1v) is 5.27. The standard InChI is InChI=1S/C11H20N4/c1-5-10(11(2,3)4)15-8-14-13-7-9(15)6-12/h6-8,10H,5,12H2,1-4H3/b9-6-. The van der Waals surface area contributed by atoms with Crippen molar-refractivity contribution < 1.29 is 0 Å². The van der Waals surface area contributed by atoms with Crippen LogP contribution in [0.2, 0.25) is 0 Å². The molecule has 0 radical (unpaired) electrons. The summed E-state index contributed by atoms with van der Waals surface area (Å²) in [5.74, 6) is 0. The van der Waals surface area contributed by atoms with Gasteiger partial charge in [-0.15, -0.1) is 5.10 Å². The second-order valence-electron chi connectivity index (χ2n) is 4.76. The maximum atomic E-state index is 5.57. The summed E-state index contributed by atoms with van der Waals surface area (Å²) in [6.45, 7) is 8.82. The molecule has 0 amide bonds. The zero-order valence-corrected chi connectivity index (χ0v) is 9.94. The highest BCUT2D eigenvalue weighted by molar-refractivity contribution is 5.84. The summed E-state index contributed by atoms with van der Waals surface area (Å²) < 4.78 is 0. The van der Waals surface area contributed by atoms with Crippen LogP contribution in [0, 0.1) is 5.41 Å². The van der Waals surface area contributed by atoms with E-state index in [9.17, 15) is 0 Å². The van der Waals surface area contributed by atoms with Gasteiger partial charge in [0.15, 0.2) is 0 Å². The minimum Gasteiger partial charge on any atom is -0.403 e. The van der Waals surface area contributed by atoms with Gasteiger partial charge in [-0.05, 0) is 11.8 Å². The van der Waals surface area contributed by atoms with Gasteiger partial charge in [-0.1, -0.05) is 27.7 Å². The molecule has 15 heavy (non-hydrogen) atoms. The van der Waals surface area contributed by atoms with E-state index in [4.69, 9.17) is 5.73 Å². The quantitative estimate of drug-likeness (QED) is 0.754. The van der Waals surface area contributed by atoms with E-state index in [0.717, 1.165) is 12.1 Å². The molecule has 0 saturated heterocycles. The summed E-state index contributed by atoms with van der Waals surface area (Å²) in [6.07, 6.45) is 6.05. The molecule has 1 aliphatic heterocycles. The molecule has 0 saturated carbocycles. The van der Waals surface area contributed by atoms with Crippen LogP contribution in [0.1, 0.15) is 34.1 Å². The predicted octanol–water partition coefficient (Wildman–Crippen LogP) is 1.94. The average Bonchev–Trinajstić information content (AvgIpc) is 2.17. The third-order valence-corrected chi connectivity index (χ3v) is 2.62. The van der Waals surface area contributed by atoms with Crippen molar-refractivity contribution in [3.63, 3.8) is 0 Å². The summed E-state index contributed by atoms with van der Waals surface area (Å²) in [7, 11) is 0. The van der Waals surface area contributed by atoms with E-state index in [-0.39, 0.29) is 5.41 Å². The Labute approximate surface area is 91.6 Å². The molecule has 0 aromatic carbocycles. The molecule has 1 rings (SSSR count). The van der Waals surface area contributed by atoms with Gasteiger partial charge >= 0.3 is 0 Å². The lowest BCUT2D eigenvalue weighted by molar-refractivity contribution is 0.198. The van der Waals surface area contributed by atoms with Gasteiger partial charge in [-0.3, -0.25) is 0 Å². The molecule has 0 aliphatic carbocycles. The summed E-state index contributed by atoms with van der Waals surface area (Å²) in [5.41, 5.74) is 6.66. The van der Waals surface area contributed by atoms with Gasteiger partial charge < -0.3 is 10.6 Å². The maximum absolute atomic E-state index is 5.57. The fourth-order valence-corrected chi connectivity index (χ4v) is 1.93. The van der Waals surface area contributed by atoms with Crippen molar-refractivity contribution in [2.75, 3.05) is 0 Å². The third kappa shape index (κ3) is 2.58. The predicted molar refractivity (Wildman–Crippen MR) is 64.6 cm³/mol. The Bertz CT molecular complexity index is 296. The minimum absolute atomic E-state index is 0.181. The van der Waals surface area contributed by atoms with E-state index in [1.54, 1.807) is 18.8 Å². The Morgan fingerprint density at radius 3 is 2.60 bits per heavy atom. The van der Waals surface area contributed by atoms with Crippen LogP contribution < -0.4 is 5.73 Å². The molecular weight excluding hydrogens is 188 g/mol. The molecule has 84 valence electrons. The van der Waals surface area contributed by atoms with E-state index >= 15 is 0 Å². The highest BCUT2D eigenvalue weighted by Crippen LogP contribution is 2.28. The molecule has 1 heterocycles. The first-order valence-electron chi connectivity index (χ1n) is 5.27. The molecule has 1 atom stereocenters. The Morgan fingerprint density at radius 2 is 2.13 bits per heavy atom. The summed E-state index contributed by atoms with van der Waals surface area (Å²) >= 11 is 0. The molecule has 1 unspecified atom stereocenters. The lowest BCUT2D eigenvalue weighted by atomic mass is 9.84. The summed E-state index contributed by atoms with van der Waals surface area (Å²) in [4.78, 5) is 2.09. The van der Waals surface area contributed by atoms with Crippen molar-refractivity contribution in [3.05, 3.63) is 11.9 Å². The Balaban J connectivity index is 2.94. The second-order valence-corrected chi connectivity index (χ2v) is 4.76. The minimum atomic E-state index is 0.181. The van der Waals surface area contributed by atoms with Crippen LogP contribution in [0.25, 0.3) is 0 Å². The highest BCUT2D eigenvalue weighted by Gasteiger charge is 2.29. The van der Waals surface area contributed by atoms with E-state index in [0.29, 0.717) is 6.04 Å². The SMILES string of the molecule is CCC(N1C=NN=C/C1=C/N)C(C)(C)C. The normalized spacial score (nSPS) is 21.1. The molecule has 0 fully saturated rings. The number of allylic oxidation sites excluding steroid dienone is 1. The van der Waals surface area contributed by atoms with Gasteiger partial charge in [0.25, 0.3) is 0 Å². The Kier molecular flexibility index (Phi) is 3.50. The van der Waals surface area contributed by atoms with Crippen molar-refractivity contribution >= 4 is 12.6 Å². The van der Waals surface area contributed by atoms with Gasteiger partial charge in [-0.2, -0.15) is 5.10 Å². The Hall–Kier alpha value is -1.32. The molecular formula is C11H20N4. The van der Waals surface area contributed by atoms with Crippen LogP contribution in [0.3, 0.4) is 0 Å². The largest absolute Gasteiger partial charge is 0.403 e. The number of hydrogen-bond acceptors (Lipinski definition) is 4. The summed E-state index contributed by atoms with van der Waals surface area (Å²) in [6, 6.07) is 0.378. The average molecular weight is 208 g/mol. The lowest BCUT2D eigenvalue weighted by Gasteiger charge is -2.39. The molecule has 1 aliphatic rings.